The summed E-state index contributed by atoms with van der Waals surface area (Å²) >= 11 is 0. The van der Waals surface area contributed by atoms with Crippen molar-refractivity contribution in [3.63, 3.8) is 0 Å². The molecule has 0 radical (unpaired) electrons. The standard InChI is InChI=1S/C10H11N5O/c1-11-5-7-4-9(16)15-10(14-7)8-2-3-12-6-13-8/h2-4,6,11H,5H2,1H3,(H,14,15,16). The summed E-state index contributed by atoms with van der Waals surface area (Å²) in [6.45, 7) is 0.544. The molecule has 0 saturated carbocycles. The van der Waals surface area contributed by atoms with Gasteiger partial charge in [-0.15, -0.1) is 0 Å². The highest BCUT2D eigenvalue weighted by Crippen LogP contribution is 2.07. The van der Waals surface area contributed by atoms with Crippen LogP contribution >= 0.6 is 0 Å². The maximum absolute atomic E-state index is 11.4. The molecule has 0 aromatic carbocycles. The zero-order valence-corrected chi connectivity index (χ0v) is 8.77. The number of rotatable bonds is 3. The molecule has 0 aliphatic carbocycles. The predicted octanol–water partition coefficient (Wildman–Crippen LogP) is -0.0537. The van der Waals surface area contributed by atoms with Gasteiger partial charge in [-0.1, -0.05) is 0 Å². The smallest absolute Gasteiger partial charge is 0.251 e. The number of nitrogens with one attached hydrogen (secondary N) is 2. The average molecular weight is 217 g/mol. The molecule has 2 aromatic rings. The molecule has 0 saturated heterocycles. The molecule has 6 heteroatoms. The van der Waals surface area contributed by atoms with Crippen molar-refractivity contribution in [2.75, 3.05) is 7.05 Å². The van der Waals surface area contributed by atoms with Crippen LogP contribution in [-0.2, 0) is 6.54 Å². The molecule has 0 aliphatic heterocycles. The SMILES string of the molecule is CNCc1cc(=O)[nH]c(-c2ccncn2)n1. The lowest BCUT2D eigenvalue weighted by Gasteiger charge is -2.02. The summed E-state index contributed by atoms with van der Waals surface area (Å²) in [6, 6.07) is 3.16. The molecule has 0 unspecified atom stereocenters. The van der Waals surface area contributed by atoms with Crippen molar-refractivity contribution < 1.29 is 0 Å². The van der Waals surface area contributed by atoms with Crippen LogP contribution in [0.5, 0.6) is 0 Å². The fraction of sp³-hybridized carbons (Fsp3) is 0.200. The van der Waals surface area contributed by atoms with Crippen molar-refractivity contribution >= 4 is 0 Å². The van der Waals surface area contributed by atoms with Crippen LogP contribution in [0.25, 0.3) is 11.5 Å². The van der Waals surface area contributed by atoms with Crippen molar-refractivity contribution in [2.24, 2.45) is 0 Å². The molecule has 2 heterocycles. The van der Waals surface area contributed by atoms with Gasteiger partial charge < -0.3 is 10.3 Å². The summed E-state index contributed by atoms with van der Waals surface area (Å²) in [5, 5.41) is 2.94. The Labute approximate surface area is 91.8 Å². The van der Waals surface area contributed by atoms with E-state index in [9.17, 15) is 4.79 Å². The fourth-order valence-electron chi connectivity index (χ4n) is 1.33. The Balaban J connectivity index is 2.45. The number of hydrogen-bond donors (Lipinski definition) is 2. The van der Waals surface area contributed by atoms with Crippen LogP contribution in [0.15, 0.2) is 29.5 Å². The van der Waals surface area contributed by atoms with Crippen LogP contribution in [0.3, 0.4) is 0 Å². The molecule has 2 N–H and O–H groups in total. The highest BCUT2D eigenvalue weighted by atomic mass is 16.1. The zero-order valence-electron chi connectivity index (χ0n) is 8.77. The molecule has 0 fully saturated rings. The number of nitrogens with zero attached hydrogens (tertiary/aromatic N) is 3. The first kappa shape index (κ1) is 10.4. The minimum Gasteiger partial charge on any atom is -0.314 e. The van der Waals surface area contributed by atoms with Crippen LogP contribution < -0.4 is 10.9 Å². The third-order valence-corrected chi connectivity index (χ3v) is 1.98. The van der Waals surface area contributed by atoms with Crippen LogP contribution in [0.1, 0.15) is 5.69 Å². The van der Waals surface area contributed by atoms with E-state index in [1.165, 1.54) is 12.4 Å². The number of aromatic amines is 1. The normalized spacial score (nSPS) is 10.3. The molecule has 82 valence electrons. The van der Waals surface area contributed by atoms with Gasteiger partial charge in [-0.05, 0) is 13.1 Å². The van der Waals surface area contributed by atoms with Crippen molar-refractivity contribution in [2.45, 2.75) is 6.54 Å². The van der Waals surface area contributed by atoms with E-state index in [0.29, 0.717) is 23.8 Å². The average Bonchev–Trinajstić information content (AvgIpc) is 2.30. The predicted molar refractivity (Wildman–Crippen MR) is 58.6 cm³/mol. The minimum atomic E-state index is -0.186. The van der Waals surface area contributed by atoms with Crippen molar-refractivity contribution in [1.82, 2.24) is 25.3 Å². The molecule has 0 amide bonds. The number of H-pyrrole nitrogens is 1. The molecule has 2 rings (SSSR count). The second-order valence-electron chi connectivity index (χ2n) is 3.21. The van der Waals surface area contributed by atoms with Gasteiger partial charge in [-0.2, -0.15) is 0 Å². The Kier molecular flexibility index (Phi) is 3.02. The van der Waals surface area contributed by atoms with Crippen LogP contribution in [0, 0.1) is 0 Å². The summed E-state index contributed by atoms with van der Waals surface area (Å²) in [7, 11) is 1.80. The number of aromatic nitrogens is 4. The Morgan fingerprint density at radius 3 is 3.06 bits per heavy atom. The van der Waals surface area contributed by atoms with E-state index in [0.717, 1.165) is 0 Å². The van der Waals surface area contributed by atoms with Crippen LogP contribution in [-0.4, -0.2) is 27.0 Å². The lowest BCUT2D eigenvalue weighted by Crippen LogP contribution is -2.15. The van der Waals surface area contributed by atoms with E-state index in [1.807, 2.05) is 0 Å². The van der Waals surface area contributed by atoms with Gasteiger partial charge in [0.2, 0.25) is 0 Å². The third-order valence-electron chi connectivity index (χ3n) is 1.98. The van der Waals surface area contributed by atoms with Gasteiger partial charge >= 0.3 is 0 Å². The van der Waals surface area contributed by atoms with E-state index in [4.69, 9.17) is 0 Å². The summed E-state index contributed by atoms with van der Waals surface area (Å²) in [5.74, 6) is 0.458. The summed E-state index contributed by atoms with van der Waals surface area (Å²) in [5.41, 5.74) is 1.10. The van der Waals surface area contributed by atoms with Gasteiger partial charge in [0.1, 0.15) is 12.0 Å². The largest absolute Gasteiger partial charge is 0.314 e. The van der Waals surface area contributed by atoms with Gasteiger partial charge in [-0.3, -0.25) is 4.79 Å². The van der Waals surface area contributed by atoms with E-state index < -0.39 is 0 Å². The number of hydrogen-bond acceptors (Lipinski definition) is 5. The molecule has 0 bridgehead atoms. The minimum absolute atomic E-state index is 0.186. The second-order valence-corrected chi connectivity index (χ2v) is 3.21. The third kappa shape index (κ3) is 2.29. The maximum atomic E-state index is 11.4. The second kappa shape index (κ2) is 4.63. The topological polar surface area (TPSA) is 83.6 Å². The van der Waals surface area contributed by atoms with Gasteiger partial charge in [0, 0.05) is 18.8 Å². The van der Waals surface area contributed by atoms with Gasteiger partial charge in [0.25, 0.3) is 5.56 Å². The zero-order chi connectivity index (χ0) is 11.4. The van der Waals surface area contributed by atoms with Crippen molar-refractivity contribution in [3.8, 4) is 11.5 Å². The lowest BCUT2D eigenvalue weighted by molar-refractivity contribution is 0.784. The van der Waals surface area contributed by atoms with Crippen LogP contribution in [0.4, 0.5) is 0 Å². The Morgan fingerprint density at radius 2 is 2.38 bits per heavy atom. The summed E-state index contributed by atoms with van der Waals surface area (Å²) in [4.78, 5) is 26.2. The Bertz CT molecular complexity index is 522. The monoisotopic (exact) mass is 217 g/mol. The van der Waals surface area contributed by atoms with Crippen LogP contribution in [0.2, 0.25) is 0 Å². The molecule has 0 spiro atoms. The molecule has 16 heavy (non-hydrogen) atoms. The summed E-state index contributed by atoms with van der Waals surface area (Å²) < 4.78 is 0. The fourth-order valence-corrected chi connectivity index (χ4v) is 1.33. The highest BCUT2D eigenvalue weighted by molar-refractivity contribution is 5.47. The molecule has 0 aliphatic rings. The first-order valence-corrected chi connectivity index (χ1v) is 4.81. The molecule has 0 atom stereocenters. The van der Waals surface area contributed by atoms with Gasteiger partial charge in [-0.25, -0.2) is 15.0 Å². The van der Waals surface area contributed by atoms with E-state index in [2.05, 4.69) is 25.3 Å². The van der Waals surface area contributed by atoms with Gasteiger partial charge in [0.15, 0.2) is 5.82 Å². The Morgan fingerprint density at radius 1 is 1.50 bits per heavy atom. The summed E-state index contributed by atoms with van der Waals surface area (Å²) in [6.07, 6.45) is 3.02. The van der Waals surface area contributed by atoms with Crippen molar-refractivity contribution in [1.29, 1.82) is 0 Å². The van der Waals surface area contributed by atoms with E-state index >= 15 is 0 Å². The van der Waals surface area contributed by atoms with E-state index in [-0.39, 0.29) is 5.56 Å². The Hall–Kier alpha value is -2.08. The first-order valence-electron chi connectivity index (χ1n) is 4.81. The quantitative estimate of drug-likeness (QED) is 0.752. The molecular formula is C10H11N5O. The highest BCUT2D eigenvalue weighted by Gasteiger charge is 2.04. The molecule has 2 aromatic heterocycles. The molecule has 6 nitrogen and oxygen atoms in total. The molecular weight excluding hydrogens is 206 g/mol. The first-order chi connectivity index (χ1) is 7.79. The van der Waals surface area contributed by atoms with Gasteiger partial charge in [0.05, 0.1) is 5.69 Å². The lowest BCUT2D eigenvalue weighted by atomic mass is 10.3. The van der Waals surface area contributed by atoms with Crippen molar-refractivity contribution in [3.05, 3.63) is 40.7 Å². The maximum Gasteiger partial charge on any atom is 0.251 e. The van der Waals surface area contributed by atoms with E-state index in [1.54, 1.807) is 19.3 Å².